The van der Waals surface area contributed by atoms with Crippen LogP contribution < -0.4 is 5.73 Å². The van der Waals surface area contributed by atoms with Gasteiger partial charge in [0, 0.05) is 19.4 Å². The number of aliphatic carboxylic acids is 2. The topological polar surface area (TPSA) is 101 Å². The van der Waals surface area contributed by atoms with E-state index in [1.807, 2.05) is 30.3 Å². The van der Waals surface area contributed by atoms with Gasteiger partial charge >= 0.3 is 11.9 Å². The lowest BCUT2D eigenvalue weighted by molar-refractivity contribution is -0.138. The largest absolute Gasteiger partial charge is 0.481 e. The van der Waals surface area contributed by atoms with Crippen molar-refractivity contribution in [1.29, 1.82) is 0 Å². The number of benzene rings is 1. The van der Waals surface area contributed by atoms with Gasteiger partial charge in [-0.05, 0) is 12.0 Å². The van der Waals surface area contributed by atoms with Crippen molar-refractivity contribution in [2.24, 2.45) is 5.73 Å². The van der Waals surface area contributed by atoms with Crippen LogP contribution in [0.1, 0.15) is 24.8 Å². The predicted octanol–water partition coefficient (Wildman–Crippen LogP) is 1.47. The quantitative estimate of drug-likeness (QED) is 0.722. The van der Waals surface area contributed by atoms with Gasteiger partial charge in [-0.3, -0.25) is 9.59 Å². The molecule has 17 heavy (non-hydrogen) atoms. The number of hydrogen-bond donors (Lipinski definition) is 3. The number of hydrogen-bond acceptors (Lipinski definition) is 3. The maximum Gasteiger partial charge on any atom is 0.303 e. The monoisotopic (exact) mass is 239 g/mol. The lowest BCUT2D eigenvalue weighted by Crippen LogP contribution is -1.98. The maximum absolute atomic E-state index is 9.79. The summed E-state index contributed by atoms with van der Waals surface area (Å²) in [5.41, 5.74) is 6.54. The first-order chi connectivity index (χ1) is 8.06. The smallest absolute Gasteiger partial charge is 0.303 e. The number of carboxylic acid groups (broad SMARTS) is 2. The van der Waals surface area contributed by atoms with Crippen molar-refractivity contribution in [3.63, 3.8) is 0 Å². The van der Waals surface area contributed by atoms with Crippen LogP contribution in [0.2, 0.25) is 0 Å². The van der Waals surface area contributed by atoms with Gasteiger partial charge in [0.05, 0.1) is 0 Å². The number of rotatable bonds is 5. The lowest BCUT2D eigenvalue weighted by Gasteiger charge is -1.90. The zero-order chi connectivity index (χ0) is 13.1. The Morgan fingerprint density at radius 2 is 1.47 bits per heavy atom. The zero-order valence-corrected chi connectivity index (χ0v) is 9.50. The van der Waals surface area contributed by atoms with Crippen LogP contribution in [0.4, 0.5) is 0 Å². The zero-order valence-electron chi connectivity index (χ0n) is 9.50. The van der Waals surface area contributed by atoms with E-state index in [4.69, 9.17) is 15.9 Å². The minimum absolute atomic E-state index is 0.0632. The first kappa shape index (κ1) is 15.1. The van der Waals surface area contributed by atoms with Crippen LogP contribution in [-0.4, -0.2) is 22.2 Å². The molecule has 5 heteroatoms. The van der Waals surface area contributed by atoms with Crippen LogP contribution in [0.15, 0.2) is 30.3 Å². The molecule has 1 aromatic carbocycles. The Bertz CT molecular complexity index is 324. The SMILES string of the molecule is NCc1ccccc1.O=C(O)CCCC(=O)O. The van der Waals surface area contributed by atoms with Crippen LogP contribution in [0.5, 0.6) is 0 Å². The van der Waals surface area contributed by atoms with E-state index < -0.39 is 11.9 Å². The molecule has 0 unspecified atom stereocenters. The summed E-state index contributed by atoms with van der Waals surface area (Å²) in [4.78, 5) is 19.6. The molecule has 0 aliphatic carbocycles. The summed E-state index contributed by atoms with van der Waals surface area (Å²) >= 11 is 0. The molecule has 5 nitrogen and oxygen atoms in total. The van der Waals surface area contributed by atoms with E-state index in [1.54, 1.807) is 0 Å². The molecule has 94 valence electrons. The van der Waals surface area contributed by atoms with Gasteiger partial charge in [0.1, 0.15) is 0 Å². The Hall–Kier alpha value is -1.88. The van der Waals surface area contributed by atoms with Gasteiger partial charge in [0.2, 0.25) is 0 Å². The van der Waals surface area contributed by atoms with E-state index in [1.165, 1.54) is 5.56 Å². The Kier molecular flexibility index (Phi) is 8.32. The molecule has 0 fully saturated rings. The Balaban J connectivity index is 0.000000302. The Labute approximate surface area is 99.9 Å². The molecule has 0 heterocycles. The normalized spacial score (nSPS) is 9.00. The van der Waals surface area contributed by atoms with Crippen LogP contribution in [0.25, 0.3) is 0 Å². The number of nitrogens with two attached hydrogens (primary N) is 1. The highest BCUT2D eigenvalue weighted by atomic mass is 16.4. The molecular formula is C12H17NO4. The first-order valence-electron chi connectivity index (χ1n) is 5.24. The van der Waals surface area contributed by atoms with Gasteiger partial charge in [0.15, 0.2) is 0 Å². The summed E-state index contributed by atoms with van der Waals surface area (Å²) in [6, 6.07) is 9.99. The van der Waals surface area contributed by atoms with Gasteiger partial charge in [-0.25, -0.2) is 0 Å². The van der Waals surface area contributed by atoms with Crippen molar-refractivity contribution in [1.82, 2.24) is 0 Å². The molecule has 0 amide bonds. The molecule has 0 bridgehead atoms. The summed E-state index contributed by atoms with van der Waals surface area (Å²) in [5, 5.41) is 16.1. The van der Waals surface area contributed by atoms with Crippen molar-refractivity contribution >= 4 is 11.9 Å². The van der Waals surface area contributed by atoms with E-state index in [0.717, 1.165) is 0 Å². The molecular weight excluding hydrogens is 222 g/mol. The summed E-state index contributed by atoms with van der Waals surface area (Å²) in [5.74, 6) is -1.90. The highest BCUT2D eigenvalue weighted by Crippen LogP contribution is 1.94. The van der Waals surface area contributed by atoms with Gasteiger partial charge in [-0.2, -0.15) is 0 Å². The Morgan fingerprint density at radius 3 is 1.76 bits per heavy atom. The van der Waals surface area contributed by atoms with Crippen molar-refractivity contribution in [3.8, 4) is 0 Å². The van der Waals surface area contributed by atoms with E-state index in [9.17, 15) is 9.59 Å². The second kappa shape index (κ2) is 9.35. The van der Waals surface area contributed by atoms with Gasteiger partial charge in [-0.1, -0.05) is 30.3 Å². The molecule has 0 aromatic heterocycles. The average molecular weight is 239 g/mol. The van der Waals surface area contributed by atoms with Gasteiger partial charge < -0.3 is 15.9 Å². The van der Waals surface area contributed by atoms with Crippen molar-refractivity contribution < 1.29 is 19.8 Å². The fourth-order valence-electron chi connectivity index (χ4n) is 1.00. The molecule has 0 aliphatic heterocycles. The van der Waals surface area contributed by atoms with Gasteiger partial charge in [-0.15, -0.1) is 0 Å². The minimum atomic E-state index is -0.948. The summed E-state index contributed by atoms with van der Waals surface area (Å²) < 4.78 is 0. The molecule has 0 aliphatic rings. The van der Waals surface area contributed by atoms with E-state index in [0.29, 0.717) is 6.54 Å². The molecule has 0 saturated heterocycles. The fraction of sp³-hybridized carbons (Fsp3) is 0.333. The molecule has 1 rings (SSSR count). The highest BCUT2D eigenvalue weighted by molar-refractivity contribution is 5.69. The maximum atomic E-state index is 9.79. The summed E-state index contributed by atoms with van der Waals surface area (Å²) in [6.07, 6.45) is 0.0866. The standard InChI is InChI=1S/C7H9N.C5H8O4/c8-6-7-4-2-1-3-5-7;6-4(7)2-1-3-5(8)9/h1-5H,6,8H2;1-3H2,(H,6,7)(H,8,9). The third-order valence-electron chi connectivity index (χ3n) is 1.86. The van der Waals surface area contributed by atoms with Crippen molar-refractivity contribution in [2.45, 2.75) is 25.8 Å². The summed E-state index contributed by atoms with van der Waals surface area (Å²) in [7, 11) is 0. The second-order valence-electron chi connectivity index (χ2n) is 3.33. The van der Waals surface area contributed by atoms with Crippen molar-refractivity contribution in [3.05, 3.63) is 35.9 Å². The number of carbonyl (C=O) groups is 2. The van der Waals surface area contributed by atoms with E-state index in [2.05, 4.69) is 0 Å². The lowest BCUT2D eigenvalue weighted by atomic mass is 10.2. The highest BCUT2D eigenvalue weighted by Gasteiger charge is 1.99. The predicted molar refractivity (Wildman–Crippen MR) is 63.5 cm³/mol. The molecule has 1 aromatic rings. The molecule has 0 atom stereocenters. The third-order valence-corrected chi connectivity index (χ3v) is 1.86. The molecule has 0 spiro atoms. The summed E-state index contributed by atoms with van der Waals surface area (Å²) in [6.45, 7) is 0.640. The van der Waals surface area contributed by atoms with E-state index >= 15 is 0 Å². The van der Waals surface area contributed by atoms with Crippen LogP contribution in [0.3, 0.4) is 0 Å². The average Bonchev–Trinajstić information content (AvgIpc) is 2.30. The second-order valence-corrected chi connectivity index (χ2v) is 3.33. The van der Waals surface area contributed by atoms with Crippen molar-refractivity contribution in [2.75, 3.05) is 0 Å². The van der Waals surface area contributed by atoms with Gasteiger partial charge in [0.25, 0.3) is 0 Å². The van der Waals surface area contributed by atoms with E-state index in [-0.39, 0.29) is 19.3 Å². The molecule has 0 radical (unpaired) electrons. The Morgan fingerprint density at radius 1 is 1.00 bits per heavy atom. The van der Waals surface area contributed by atoms with Crippen LogP contribution in [-0.2, 0) is 16.1 Å². The van der Waals surface area contributed by atoms with Crippen LogP contribution in [0, 0.1) is 0 Å². The number of carboxylic acids is 2. The fourth-order valence-corrected chi connectivity index (χ4v) is 1.00. The molecule has 0 saturated carbocycles. The molecule has 4 N–H and O–H groups in total. The first-order valence-corrected chi connectivity index (χ1v) is 5.24. The van der Waals surface area contributed by atoms with Crippen LogP contribution >= 0.6 is 0 Å². The minimum Gasteiger partial charge on any atom is -0.481 e. The third kappa shape index (κ3) is 10.4.